The fraction of sp³-hybridized carbons (Fsp3) is 0.393. The number of hydrogen-bond acceptors (Lipinski definition) is 7. The Morgan fingerprint density at radius 2 is 1.86 bits per heavy atom. The molecule has 0 saturated heterocycles. The van der Waals surface area contributed by atoms with Crippen LogP contribution in [0.4, 0.5) is 5.82 Å². The number of nitrogens with one attached hydrogen (secondary N) is 2. The highest BCUT2D eigenvalue weighted by atomic mass is 32.2. The van der Waals surface area contributed by atoms with Crippen molar-refractivity contribution in [1.82, 2.24) is 19.3 Å². The van der Waals surface area contributed by atoms with E-state index in [1.807, 2.05) is 45.2 Å². The van der Waals surface area contributed by atoms with Crippen molar-refractivity contribution in [1.29, 1.82) is 0 Å². The number of esters is 1. The molecule has 0 aliphatic rings. The number of methoxy groups -OCH3 is 1. The molecule has 2 aromatic carbocycles. The van der Waals surface area contributed by atoms with E-state index in [0.717, 1.165) is 72.4 Å². The number of ether oxygens (including phenoxy) is 1. The molecule has 0 unspecified atom stereocenters. The van der Waals surface area contributed by atoms with Gasteiger partial charge in [0.05, 0.1) is 23.7 Å². The first-order valence-corrected chi connectivity index (χ1v) is 13.5. The Morgan fingerprint density at radius 3 is 2.56 bits per heavy atom. The Kier molecular flexibility index (Phi) is 10.6. The maximum atomic E-state index is 12.1. The van der Waals surface area contributed by atoms with Crippen LogP contribution >= 0.6 is 11.9 Å². The van der Waals surface area contributed by atoms with Crippen LogP contribution in [0.3, 0.4) is 0 Å². The van der Waals surface area contributed by atoms with E-state index in [0.29, 0.717) is 5.56 Å². The van der Waals surface area contributed by atoms with Crippen LogP contribution in [0.5, 0.6) is 0 Å². The molecule has 192 valence electrons. The van der Waals surface area contributed by atoms with Crippen molar-refractivity contribution in [3.8, 4) is 0 Å². The summed E-state index contributed by atoms with van der Waals surface area (Å²) in [6.07, 6.45) is 4.07. The minimum absolute atomic E-state index is 0.367. The summed E-state index contributed by atoms with van der Waals surface area (Å²) in [5, 5.41) is 4.19. The van der Waals surface area contributed by atoms with Gasteiger partial charge in [0.25, 0.3) is 0 Å². The third-order valence-electron chi connectivity index (χ3n) is 5.76. The smallest absolute Gasteiger partial charge is 0.337 e. The summed E-state index contributed by atoms with van der Waals surface area (Å²) >= 11 is 1.66. The lowest BCUT2D eigenvalue weighted by molar-refractivity contribution is 0.0601. The third-order valence-corrected chi connectivity index (χ3v) is 6.62. The normalized spacial score (nSPS) is 10.8. The second-order valence-electron chi connectivity index (χ2n) is 8.08. The van der Waals surface area contributed by atoms with E-state index in [1.165, 1.54) is 12.0 Å². The van der Waals surface area contributed by atoms with Crippen LogP contribution in [0.2, 0.25) is 0 Å². The molecule has 2 heterocycles. The van der Waals surface area contributed by atoms with E-state index in [-0.39, 0.29) is 5.97 Å². The van der Waals surface area contributed by atoms with Crippen LogP contribution < -0.4 is 10.0 Å². The van der Waals surface area contributed by atoms with Crippen LogP contribution in [0, 0.1) is 0 Å². The van der Waals surface area contributed by atoms with E-state index in [1.54, 1.807) is 24.1 Å². The predicted molar refractivity (Wildman–Crippen MR) is 151 cm³/mol. The summed E-state index contributed by atoms with van der Waals surface area (Å²) in [6, 6.07) is 15.9. The molecule has 0 aliphatic heterocycles. The monoisotopic (exact) mass is 507 g/mol. The third kappa shape index (κ3) is 6.36. The number of rotatable bonds is 11. The van der Waals surface area contributed by atoms with Crippen molar-refractivity contribution in [2.45, 2.75) is 57.9 Å². The van der Waals surface area contributed by atoms with Gasteiger partial charge in [0, 0.05) is 36.8 Å². The van der Waals surface area contributed by atoms with Crippen molar-refractivity contribution >= 4 is 45.7 Å². The first-order valence-electron chi connectivity index (χ1n) is 12.7. The number of unbranched alkanes of at least 4 members (excludes halogenated alkanes) is 1. The van der Waals surface area contributed by atoms with Gasteiger partial charge in [-0.2, -0.15) is 0 Å². The van der Waals surface area contributed by atoms with E-state index in [9.17, 15) is 4.79 Å². The van der Waals surface area contributed by atoms with Crippen molar-refractivity contribution in [3.05, 3.63) is 59.9 Å². The minimum Gasteiger partial charge on any atom is -0.465 e. The zero-order valence-corrected chi connectivity index (χ0v) is 22.7. The zero-order valence-electron chi connectivity index (χ0n) is 21.9. The quantitative estimate of drug-likeness (QED) is 0.137. The number of anilines is 1. The molecular weight excluding hydrogens is 470 g/mol. The van der Waals surface area contributed by atoms with Crippen molar-refractivity contribution in [2.24, 2.45) is 0 Å². The molecule has 36 heavy (non-hydrogen) atoms. The molecule has 0 amide bonds. The second-order valence-corrected chi connectivity index (χ2v) is 9.04. The van der Waals surface area contributed by atoms with Gasteiger partial charge in [0.1, 0.15) is 11.3 Å². The molecule has 8 heteroatoms. The molecule has 0 saturated carbocycles. The highest BCUT2D eigenvalue weighted by Crippen LogP contribution is 2.31. The van der Waals surface area contributed by atoms with Gasteiger partial charge in [-0.25, -0.2) is 14.8 Å². The summed E-state index contributed by atoms with van der Waals surface area (Å²) < 4.78 is 10.7. The molecule has 0 spiro atoms. The van der Waals surface area contributed by atoms with Gasteiger partial charge >= 0.3 is 5.97 Å². The highest BCUT2D eigenvalue weighted by molar-refractivity contribution is 7.97. The maximum Gasteiger partial charge on any atom is 0.337 e. The predicted octanol–water partition coefficient (Wildman–Crippen LogP) is 6.47. The van der Waals surface area contributed by atoms with Gasteiger partial charge in [-0.3, -0.25) is 4.72 Å². The van der Waals surface area contributed by atoms with Gasteiger partial charge in [-0.15, -0.1) is 0 Å². The van der Waals surface area contributed by atoms with Gasteiger partial charge in [-0.1, -0.05) is 45.4 Å². The zero-order chi connectivity index (χ0) is 25.9. The number of carbonyl (C=O) groups is 1. The van der Waals surface area contributed by atoms with Crippen molar-refractivity contribution < 1.29 is 9.53 Å². The Labute approximate surface area is 218 Å². The van der Waals surface area contributed by atoms with Gasteiger partial charge in [-0.05, 0) is 55.1 Å². The molecule has 0 aliphatic carbocycles. The first kappa shape index (κ1) is 27.5. The van der Waals surface area contributed by atoms with Crippen LogP contribution in [0.15, 0.2) is 53.4 Å². The lowest BCUT2D eigenvalue weighted by Gasteiger charge is -2.12. The number of hydrogen-bond donors (Lipinski definition) is 2. The number of benzene rings is 2. The maximum absolute atomic E-state index is 12.1. The summed E-state index contributed by atoms with van der Waals surface area (Å²) in [4.78, 5) is 23.1. The topological polar surface area (TPSA) is 81.1 Å². The molecule has 0 bridgehead atoms. The van der Waals surface area contributed by atoms with Crippen molar-refractivity contribution in [2.75, 3.05) is 26.0 Å². The fourth-order valence-electron chi connectivity index (χ4n) is 4.05. The molecular formula is C28H37N5O2S. The van der Waals surface area contributed by atoms with Crippen LogP contribution in [-0.4, -0.2) is 41.2 Å². The molecule has 0 atom stereocenters. The first-order chi connectivity index (χ1) is 17.7. The molecule has 4 aromatic rings. The number of pyridine rings is 1. The Hall–Kier alpha value is -3.10. The number of fused-ring (bicyclic) bond motifs is 3. The number of aryl methyl sites for hydroxylation is 2. The van der Waals surface area contributed by atoms with Crippen LogP contribution in [-0.2, 0) is 17.7 Å². The van der Waals surface area contributed by atoms with Crippen molar-refractivity contribution in [3.63, 3.8) is 0 Å². The molecule has 7 nitrogen and oxygen atoms in total. The average Bonchev–Trinajstić information content (AvgIpc) is 3.30. The highest BCUT2D eigenvalue weighted by Gasteiger charge is 2.19. The molecule has 0 fully saturated rings. The Morgan fingerprint density at radius 1 is 1.08 bits per heavy atom. The minimum atomic E-state index is -0.367. The number of imidazole rings is 1. The molecule has 4 rings (SSSR count). The fourth-order valence-corrected chi connectivity index (χ4v) is 4.76. The van der Waals surface area contributed by atoms with E-state index in [2.05, 4.69) is 33.7 Å². The van der Waals surface area contributed by atoms with E-state index < -0.39 is 0 Å². The van der Waals surface area contributed by atoms with Gasteiger partial charge < -0.3 is 14.6 Å². The van der Waals surface area contributed by atoms with Gasteiger partial charge in [0.2, 0.25) is 0 Å². The molecule has 2 aromatic heterocycles. The lowest BCUT2D eigenvalue weighted by atomic mass is 10.1. The van der Waals surface area contributed by atoms with Crippen LogP contribution in [0.25, 0.3) is 21.9 Å². The second kappa shape index (κ2) is 13.8. The standard InChI is InChI=1S/C26H31N5O2S.C2H6/c1-4-5-12-22-30-23-24(31(22)16-9-15-28-34-19-10-7-6-8-11-19)20-14-13-18(26(32)33-3)17-21(20)29-25(23)27-2;1-2/h6-8,10-11,13-14,17,28H,4-5,9,12,15-16H2,1-3H3,(H,27,29);1-2H3. The van der Waals surface area contributed by atoms with Crippen LogP contribution in [0.1, 0.15) is 56.2 Å². The molecule has 2 N–H and O–H groups in total. The Bertz CT molecular complexity index is 1270. The number of aromatic nitrogens is 3. The summed E-state index contributed by atoms with van der Waals surface area (Å²) in [5.74, 6) is 1.43. The largest absolute Gasteiger partial charge is 0.465 e. The summed E-state index contributed by atoms with van der Waals surface area (Å²) in [7, 11) is 3.24. The SMILES string of the molecule is CC.CCCCc1nc2c(NC)nc3cc(C(=O)OC)ccc3c2n1CCCNSc1ccccc1. The summed E-state index contributed by atoms with van der Waals surface area (Å²) in [6.45, 7) is 7.92. The Balaban J connectivity index is 0.00000176. The van der Waals surface area contributed by atoms with E-state index in [4.69, 9.17) is 14.7 Å². The lowest BCUT2D eigenvalue weighted by Crippen LogP contribution is -2.11. The summed E-state index contributed by atoms with van der Waals surface area (Å²) in [5.41, 5.74) is 3.18. The number of nitrogens with zero attached hydrogens (tertiary/aromatic N) is 3. The van der Waals surface area contributed by atoms with E-state index >= 15 is 0 Å². The number of carbonyl (C=O) groups excluding carboxylic acids is 1. The average molecular weight is 508 g/mol. The molecule has 0 radical (unpaired) electrons. The van der Waals surface area contributed by atoms with Gasteiger partial charge in [0.15, 0.2) is 5.82 Å².